The van der Waals surface area contributed by atoms with Crippen molar-refractivity contribution in [3.63, 3.8) is 0 Å². The number of primary amides is 1. The van der Waals surface area contributed by atoms with Crippen LogP contribution >= 0.6 is 11.3 Å². The predicted octanol–water partition coefficient (Wildman–Crippen LogP) is 2.22. The van der Waals surface area contributed by atoms with Crippen LogP contribution < -0.4 is 21.7 Å². The second kappa shape index (κ2) is 9.00. The molecule has 0 aliphatic carbocycles. The smallest absolute Gasteiger partial charge is 0.312 e. The molecule has 0 bridgehead atoms. The van der Waals surface area contributed by atoms with Crippen molar-refractivity contribution < 1.29 is 14.4 Å². The third kappa shape index (κ3) is 5.59. The van der Waals surface area contributed by atoms with Gasteiger partial charge in [0.2, 0.25) is 11.8 Å². The highest BCUT2D eigenvalue weighted by molar-refractivity contribution is 7.10. The number of anilines is 1. The normalized spacial score (nSPS) is 11.5. The highest BCUT2D eigenvalue weighted by atomic mass is 32.1. The summed E-state index contributed by atoms with van der Waals surface area (Å²) in [4.78, 5) is 36.2. The highest BCUT2D eigenvalue weighted by Gasteiger charge is 2.19. The van der Waals surface area contributed by atoms with Crippen molar-refractivity contribution in [1.82, 2.24) is 10.6 Å². The zero-order chi connectivity index (χ0) is 19.1. The first kappa shape index (κ1) is 19.5. The second-order valence-electron chi connectivity index (χ2n) is 5.87. The Morgan fingerprint density at radius 1 is 1.08 bits per heavy atom. The van der Waals surface area contributed by atoms with E-state index in [1.807, 2.05) is 49.6 Å². The largest absolute Gasteiger partial charge is 0.352 e. The SMILES string of the molecule is Cc1cccc(C)c1NC(=O)CNC(=O)CC(NC(N)=O)c1cccs1. The summed E-state index contributed by atoms with van der Waals surface area (Å²) in [7, 11) is 0. The molecule has 8 heteroatoms. The molecule has 0 fully saturated rings. The summed E-state index contributed by atoms with van der Waals surface area (Å²) in [5, 5.41) is 9.77. The molecule has 2 rings (SSSR count). The van der Waals surface area contributed by atoms with Crippen molar-refractivity contribution >= 4 is 34.9 Å². The average molecular weight is 374 g/mol. The van der Waals surface area contributed by atoms with Gasteiger partial charge >= 0.3 is 6.03 Å². The zero-order valence-electron chi connectivity index (χ0n) is 14.7. The maximum atomic E-state index is 12.1. The van der Waals surface area contributed by atoms with E-state index in [1.165, 1.54) is 11.3 Å². The number of urea groups is 1. The molecule has 1 atom stereocenters. The topological polar surface area (TPSA) is 113 Å². The van der Waals surface area contributed by atoms with Gasteiger partial charge in [-0.3, -0.25) is 9.59 Å². The van der Waals surface area contributed by atoms with Crippen molar-refractivity contribution in [3.05, 3.63) is 51.7 Å². The van der Waals surface area contributed by atoms with Crippen LogP contribution in [0.3, 0.4) is 0 Å². The summed E-state index contributed by atoms with van der Waals surface area (Å²) in [6.07, 6.45) is 0.000125. The zero-order valence-corrected chi connectivity index (χ0v) is 15.5. The van der Waals surface area contributed by atoms with Crippen LogP contribution in [0.2, 0.25) is 0 Å². The molecule has 1 aromatic heterocycles. The molecule has 0 spiro atoms. The molecule has 4 amide bonds. The number of rotatable bonds is 7. The van der Waals surface area contributed by atoms with Crippen LogP contribution in [0.5, 0.6) is 0 Å². The molecule has 1 unspecified atom stereocenters. The van der Waals surface area contributed by atoms with Crippen molar-refractivity contribution in [2.75, 3.05) is 11.9 Å². The van der Waals surface area contributed by atoms with Crippen molar-refractivity contribution in [1.29, 1.82) is 0 Å². The van der Waals surface area contributed by atoms with E-state index in [-0.39, 0.29) is 24.8 Å². The quantitative estimate of drug-likeness (QED) is 0.596. The number of benzene rings is 1. The van der Waals surface area contributed by atoms with Crippen LogP contribution in [-0.4, -0.2) is 24.4 Å². The number of amides is 4. The van der Waals surface area contributed by atoms with Gasteiger partial charge in [0.1, 0.15) is 0 Å². The Balaban J connectivity index is 1.89. The fourth-order valence-corrected chi connectivity index (χ4v) is 3.29. The Hall–Kier alpha value is -2.87. The summed E-state index contributed by atoms with van der Waals surface area (Å²) >= 11 is 1.41. The third-order valence-electron chi connectivity index (χ3n) is 3.78. The van der Waals surface area contributed by atoms with Crippen LogP contribution in [-0.2, 0) is 9.59 Å². The minimum atomic E-state index is -0.705. The molecule has 7 nitrogen and oxygen atoms in total. The fourth-order valence-electron chi connectivity index (χ4n) is 2.52. The Morgan fingerprint density at radius 2 is 1.77 bits per heavy atom. The van der Waals surface area contributed by atoms with Gasteiger partial charge in [0.25, 0.3) is 0 Å². The number of nitrogens with one attached hydrogen (secondary N) is 3. The summed E-state index contributed by atoms with van der Waals surface area (Å²) in [5.41, 5.74) is 7.82. The molecule has 26 heavy (non-hydrogen) atoms. The first-order valence-electron chi connectivity index (χ1n) is 8.09. The molecular weight excluding hydrogens is 352 g/mol. The predicted molar refractivity (Wildman–Crippen MR) is 102 cm³/mol. The minimum absolute atomic E-state index is 0.000125. The molecule has 1 aromatic carbocycles. The number of hydrogen-bond acceptors (Lipinski definition) is 4. The summed E-state index contributed by atoms with van der Waals surface area (Å²) < 4.78 is 0. The molecule has 0 aliphatic rings. The summed E-state index contributed by atoms with van der Waals surface area (Å²) in [5.74, 6) is -0.667. The Kier molecular flexibility index (Phi) is 6.74. The van der Waals surface area contributed by atoms with E-state index in [0.717, 1.165) is 21.7 Å². The van der Waals surface area contributed by atoms with E-state index < -0.39 is 12.1 Å². The van der Waals surface area contributed by atoms with E-state index in [2.05, 4.69) is 16.0 Å². The van der Waals surface area contributed by atoms with Gasteiger partial charge in [0, 0.05) is 10.6 Å². The third-order valence-corrected chi connectivity index (χ3v) is 4.77. The molecule has 0 saturated heterocycles. The maximum absolute atomic E-state index is 12.1. The van der Waals surface area contributed by atoms with Crippen LogP contribution in [0.4, 0.5) is 10.5 Å². The molecule has 138 valence electrons. The summed E-state index contributed by atoms with van der Waals surface area (Å²) in [6, 6.07) is 8.14. The fraction of sp³-hybridized carbons (Fsp3) is 0.278. The first-order chi connectivity index (χ1) is 12.4. The lowest BCUT2D eigenvalue weighted by Crippen LogP contribution is -2.38. The van der Waals surface area contributed by atoms with E-state index in [9.17, 15) is 14.4 Å². The highest BCUT2D eigenvalue weighted by Crippen LogP contribution is 2.22. The van der Waals surface area contributed by atoms with Crippen LogP contribution in [0.15, 0.2) is 35.7 Å². The van der Waals surface area contributed by atoms with E-state index in [4.69, 9.17) is 5.73 Å². The number of hydrogen-bond donors (Lipinski definition) is 4. The lowest BCUT2D eigenvalue weighted by molar-refractivity contribution is -0.124. The number of carbonyl (C=O) groups is 3. The van der Waals surface area contributed by atoms with Crippen LogP contribution in [0.1, 0.15) is 28.5 Å². The van der Waals surface area contributed by atoms with E-state index in [0.29, 0.717) is 0 Å². The number of carbonyl (C=O) groups excluding carboxylic acids is 3. The van der Waals surface area contributed by atoms with Crippen LogP contribution in [0.25, 0.3) is 0 Å². The lowest BCUT2D eigenvalue weighted by atomic mass is 10.1. The number of nitrogens with two attached hydrogens (primary N) is 1. The standard InChI is InChI=1S/C18H22N4O3S/c1-11-5-3-6-12(2)17(11)22-16(24)10-20-15(23)9-13(21-18(19)25)14-7-4-8-26-14/h3-8,13H,9-10H2,1-2H3,(H,20,23)(H,22,24)(H3,19,21,25). The van der Waals surface area contributed by atoms with Gasteiger partial charge < -0.3 is 21.7 Å². The van der Waals surface area contributed by atoms with Crippen molar-refractivity contribution in [2.45, 2.75) is 26.3 Å². The first-order valence-corrected chi connectivity index (χ1v) is 8.97. The van der Waals surface area contributed by atoms with E-state index in [1.54, 1.807) is 0 Å². The molecular formula is C18H22N4O3S. The minimum Gasteiger partial charge on any atom is -0.352 e. The average Bonchev–Trinajstić information content (AvgIpc) is 3.10. The van der Waals surface area contributed by atoms with Gasteiger partial charge in [-0.15, -0.1) is 11.3 Å². The number of para-hydroxylation sites is 1. The maximum Gasteiger partial charge on any atom is 0.312 e. The van der Waals surface area contributed by atoms with Crippen molar-refractivity contribution in [3.8, 4) is 0 Å². The second-order valence-corrected chi connectivity index (χ2v) is 6.85. The van der Waals surface area contributed by atoms with Gasteiger partial charge in [-0.2, -0.15) is 0 Å². The van der Waals surface area contributed by atoms with Crippen molar-refractivity contribution in [2.24, 2.45) is 5.73 Å². The monoisotopic (exact) mass is 374 g/mol. The van der Waals surface area contributed by atoms with Crippen LogP contribution in [0, 0.1) is 13.8 Å². The molecule has 0 radical (unpaired) electrons. The van der Waals surface area contributed by atoms with Gasteiger partial charge in [0.15, 0.2) is 0 Å². The Labute approximate surface area is 156 Å². The van der Waals surface area contributed by atoms with Gasteiger partial charge in [-0.1, -0.05) is 24.3 Å². The molecule has 1 heterocycles. The molecule has 2 aromatic rings. The Bertz CT molecular complexity index is 769. The van der Waals surface area contributed by atoms with Gasteiger partial charge in [-0.25, -0.2) is 4.79 Å². The van der Waals surface area contributed by atoms with E-state index >= 15 is 0 Å². The Morgan fingerprint density at radius 3 is 2.35 bits per heavy atom. The van der Waals surface area contributed by atoms with Gasteiger partial charge in [0.05, 0.1) is 19.0 Å². The molecule has 0 aliphatic heterocycles. The number of thiophene rings is 1. The van der Waals surface area contributed by atoms with Gasteiger partial charge in [-0.05, 0) is 36.4 Å². The molecule has 0 saturated carbocycles. The number of aryl methyl sites for hydroxylation is 2. The molecule has 5 N–H and O–H groups in total. The summed E-state index contributed by atoms with van der Waals surface area (Å²) in [6.45, 7) is 3.66. The lowest BCUT2D eigenvalue weighted by Gasteiger charge is -2.16.